The molecule has 142 valence electrons. The highest BCUT2D eigenvalue weighted by atomic mass is 16.6. The molecule has 3 rings (SSSR count). The van der Waals surface area contributed by atoms with Crippen LogP contribution in [0.1, 0.15) is 45.6 Å². The molecule has 1 unspecified atom stereocenters. The van der Waals surface area contributed by atoms with Crippen LogP contribution in [0.3, 0.4) is 0 Å². The van der Waals surface area contributed by atoms with E-state index in [2.05, 4.69) is 0 Å². The summed E-state index contributed by atoms with van der Waals surface area (Å²) in [6.07, 6.45) is 2.09. The molecule has 1 aromatic rings. The van der Waals surface area contributed by atoms with Gasteiger partial charge in [0.1, 0.15) is 11.3 Å². The van der Waals surface area contributed by atoms with Crippen molar-refractivity contribution >= 4 is 12.0 Å². The van der Waals surface area contributed by atoms with Gasteiger partial charge in [-0.05, 0) is 45.1 Å². The fourth-order valence-electron chi connectivity index (χ4n) is 3.35. The van der Waals surface area contributed by atoms with Gasteiger partial charge in [0.15, 0.2) is 0 Å². The van der Waals surface area contributed by atoms with Crippen molar-refractivity contribution in [3.05, 3.63) is 35.9 Å². The highest BCUT2D eigenvalue weighted by molar-refractivity contribution is 5.79. The van der Waals surface area contributed by atoms with E-state index in [1.165, 1.54) is 4.90 Å². The Morgan fingerprint density at radius 3 is 2.50 bits per heavy atom. The first-order valence-electron chi connectivity index (χ1n) is 9.32. The lowest BCUT2D eigenvalue weighted by atomic mass is 9.98. The molecule has 1 saturated heterocycles. The molecule has 0 spiro atoms. The Bertz CT molecular complexity index is 667. The molecule has 2 fully saturated rings. The number of carbonyl (C=O) groups excluding carboxylic acids is 2. The zero-order chi connectivity index (χ0) is 18.9. The standard InChI is InChI=1S/C20H29N3O3/c1-19(2,3)26-18(25)23-12-11-17(24)22(13-15-9-10-15)14-20(23,21)16-7-5-4-6-8-16/h4-8,15H,9-14,21H2,1-3H3. The third-order valence-corrected chi connectivity index (χ3v) is 4.88. The molecule has 1 saturated carbocycles. The Balaban J connectivity index is 1.94. The summed E-state index contributed by atoms with van der Waals surface area (Å²) >= 11 is 0. The zero-order valence-electron chi connectivity index (χ0n) is 15.9. The quantitative estimate of drug-likeness (QED) is 0.900. The second kappa shape index (κ2) is 6.91. The molecular weight excluding hydrogens is 330 g/mol. The van der Waals surface area contributed by atoms with Crippen molar-refractivity contribution in [1.29, 1.82) is 0 Å². The summed E-state index contributed by atoms with van der Waals surface area (Å²) in [6, 6.07) is 9.52. The summed E-state index contributed by atoms with van der Waals surface area (Å²) in [7, 11) is 0. The van der Waals surface area contributed by atoms with E-state index < -0.39 is 17.4 Å². The van der Waals surface area contributed by atoms with Crippen LogP contribution < -0.4 is 5.73 Å². The van der Waals surface area contributed by atoms with Crippen molar-refractivity contribution in [2.45, 2.75) is 51.3 Å². The van der Waals surface area contributed by atoms with Crippen LogP contribution in [-0.4, -0.2) is 47.0 Å². The average Bonchev–Trinajstić information content (AvgIpc) is 3.37. The Labute approximate surface area is 155 Å². The predicted octanol–water partition coefficient (Wildman–Crippen LogP) is 2.68. The largest absolute Gasteiger partial charge is 0.444 e. The van der Waals surface area contributed by atoms with Gasteiger partial charge >= 0.3 is 6.09 Å². The van der Waals surface area contributed by atoms with Crippen LogP contribution in [0.5, 0.6) is 0 Å². The molecule has 6 heteroatoms. The number of carbonyl (C=O) groups is 2. The average molecular weight is 359 g/mol. The highest BCUT2D eigenvalue weighted by Crippen LogP contribution is 2.34. The van der Waals surface area contributed by atoms with E-state index >= 15 is 0 Å². The van der Waals surface area contributed by atoms with Crippen molar-refractivity contribution in [2.24, 2.45) is 11.7 Å². The van der Waals surface area contributed by atoms with Crippen LogP contribution >= 0.6 is 0 Å². The number of hydrogen-bond donors (Lipinski definition) is 1. The second-order valence-electron chi connectivity index (χ2n) is 8.39. The number of nitrogens with two attached hydrogens (primary N) is 1. The Morgan fingerprint density at radius 2 is 1.92 bits per heavy atom. The van der Waals surface area contributed by atoms with Gasteiger partial charge in [-0.3, -0.25) is 9.69 Å². The van der Waals surface area contributed by atoms with Gasteiger partial charge in [0.25, 0.3) is 0 Å². The fraction of sp³-hybridized carbons (Fsp3) is 0.600. The number of benzene rings is 1. The van der Waals surface area contributed by atoms with E-state index in [4.69, 9.17) is 10.5 Å². The maximum atomic E-state index is 12.9. The lowest BCUT2D eigenvalue weighted by molar-refractivity contribution is -0.131. The molecule has 2 aliphatic rings. The second-order valence-corrected chi connectivity index (χ2v) is 8.39. The number of nitrogens with zero attached hydrogens (tertiary/aromatic N) is 2. The Kier molecular flexibility index (Phi) is 4.97. The van der Waals surface area contributed by atoms with Gasteiger partial charge in [-0.25, -0.2) is 4.79 Å². The normalized spacial score (nSPS) is 24.4. The summed E-state index contributed by atoms with van der Waals surface area (Å²) in [4.78, 5) is 28.9. The molecule has 2 amide bonds. The third kappa shape index (κ3) is 4.18. The van der Waals surface area contributed by atoms with Gasteiger partial charge in [-0.15, -0.1) is 0 Å². The van der Waals surface area contributed by atoms with Crippen molar-refractivity contribution < 1.29 is 14.3 Å². The highest BCUT2D eigenvalue weighted by Gasteiger charge is 2.45. The summed E-state index contributed by atoms with van der Waals surface area (Å²) in [6.45, 7) is 6.73. The van der Waals surface area contributed by atoms with Gasteiger partial charge in [0.05, 0.1) is 6.54 Å². The van der Waals surface area contributed by atoms with Gasteiger partial charge in [0, 0.05) is 19.5 Å². The Morgan fingerprint density at radius 1 is 1.27 bits per heavy atom. The summed E-state index contributed by atoms with van der Waals surface area (Å²) in [5.74, 6) is 0.612. The minimum Gasteiger partial charge on any atom is -0.444 e. The van der Waals surface area contributed by atoms with Gasteiger partial charge in [-0.2, -0.15) is 0 Å². The smallest absolute Gasteiger partial charge is 0.412 e. The monoisotopic (exact) mass is 359 g/mol. The maximum Gasteiger partial charge on any atom is 0.412 e. The molecule has 1 aromatic carbocycles. The molecule has 1 aliphatic heterocycles. The van der Waals surface area contributed by atoms with E-state index in [1.807, 2.05) is 56.0 Å². The molecule has 0 bridgehead atoms. The Hall–Kier alpha value is -2.08. The van der Waals surface area contributed by atoms with Crippen molar-refractivity contribution in [1.82, 2.24) is 9.80 Å². The minimum absolute atomic E-state index is 0.0497. The number of amides is 2. The fourth-order valence-corrected chi connectivity index (χ4v) is 3.35. The van der Waals surface area contributed by atoms with Gasteiger partial charge in [0.2, 0.25) is 5.91 Å². The molecule has 2 N–H and O–H groups in total. The van der Waals surface area contributed by atoms with Crippen LogP contribution in [0.4, 0.5) is 4.79 Å². The van der Waals surface area contributed by atoms with Crippen LogP contribution in [0, 0.1) is 5.92 Å². The van der Waals surface area contributed by atoms with E-state index in [1.54, 1.807) is 0 Å². The van der Waals surface area contributed by atoms with Crippen molar-refractivity contribution in [3.63, 3.8) is 0 Å². The van der Waals surface area contributed by atoms with Gasteiger partial charge in [-0.1, -0.05) is 30.3 Å². The molecule has 0 radical (unpaired) electrons. The van der Waals surface area contributed by atoms with Gasteiger partial charge < -0.3 is 15.4 Å². The summed E-state index contributed by atoms with van der Waals surface area (Å²) < 4.78 is 5.59. The van der Waals surface area contributed by atoms with Crippen LogP contribution in [0.25, 0.3) is 0 Å². The van der Waals surface area contributed by atoms with E-state index in [9.17, 15) is 9.59 Å². The lowest BCUT2D eigenvalue weighted by Crippen LogP contribution is -2.60. The van der Waals surface area contributed by atoms with Crippen molar-refractivity contribution in [2.75, 3.05) is 19.6 Å². The van der Waals surface area contributed by atoms with E-state index in [0.29, 0.717) is 12.5 Å². The zero-order valence-corrected chi connectivity index (χ0v) is 15.9. The van der Waals surface area contributed by atoms with Crippen molar-refractivity contribution in [3.8, 4) is 0 Å². The molecule has 26 heavy (non-hydrogen) atoms. The number of hydrogen-bond acceptors (Lipinski definition) is 4. The number of rotatable bonds is 3. The topological polar surface area (TPSA) is 75.9 Å². The molecule has 1 aliphatic carbocycles. The molecule has 0 aromatic heterocycles. The van der Waals surface area contributed by atoms with Crippen LogP contribution in [-0.2, 0) is 15.2 Å². The SMILES string of the molecule is CC(C)(C)OC(=O)N1CCC(=O)N(CC2CC2)CC1(N)c1ccccc1. The minimum atomic E-state index is -1.11. The summed E-state index contributed by atoms with van der Waals surface area (Å²) in [5.41, 5.74) is 5.90. The summed E-state index contributed by atoms with van der Waals surface area (Å²) in [5, 5.41) is 0. The first kappa shape index (κ1) is 18.7. The third-order valence-electron chi connectivity index (χ3n) is 4.88. The van der Waals surface area contributed by atoms with E-state index in [0.717, 1.165) is 18.4 Å². The number of ether oxygens (including phenoxy) is 1. The van der Waals surface area contributed by atoms with Crippen LogP contribution in [0.15, 0.2) is 30.3 Å². The molecule has 1 heterocycles. The first-order chi connectivity index (χ1) is 12.2. The van der Waals surface area contributed by atoms with E-state index in [-0.39, 0.29) is 25.4 Å². The molecular formula is C20H29N3O3. The predicted molar refractivity (Wildman–Crippen MR) is 99.2 cm³/mol. The molecule has 6 nitrogen and oxygen atoms in total. The molecule has 1 atom stereocenters. The van der Waals surface area contributed by atoms with Crippen LogP contribution in [0.2, 0.25) is 0 Å². The first-order valence-corrected chi connectivity index (χ1v) is 9.32. The lowest BCUT2D eigenvalue weighted by Gasteiger charge is -2.41. The maximum absolute atomic E-state index is 12.9.